The van der Waals surface area contributed by atoms with Crippen LogP contribution in [0.3, 0.4) is 0 Å². The molecule has 0 radical (unpaired) electrons. The Morgan fingerprint density at radius 3 is 2.15 bits per heavy atom. The number of hydrogen-bond donors (Lipinski definition) is 0. The molecule has 4 rings (SSSR count). The summed E-state index contributed by atoms with van der Waals surface area (Å²) in [5.41, 5.74) is 1.83. The lowest BCUT2D eigenvalue weighted by Gasteiger charge is -2.34. The van der Waals surface area contributed by atoms with Gasteiger partial charge in [-0.2, -0.15) is 0 Å². The lowest BCUT2D eigenvalue weighted by atomic mass is 9.92. The van der Waals surface area contributed by atoms with Crippen LogP contribution in [0.2, 0.25) is 0 Å². The highest BCUT2D eigenvalue weighted by atomic mass is 16.2. The van der Waals surface area contributed by atoms with Crippen molar-refractivity contribution in [1.29, 1.82) is 0 Å². The van der Waals surface area contributed by atoms with Crippen molar-refractivity contribution >= 4 is 5.91 Å². The fraction of sp³-hybridized carbons (Fsp3) is 0.318. The number of rotatable bonds is 3. The monoisotopic (exact) mass is 360 g/mol. The van der Waals surface area contributed by atoms with Crippen LogP contribution in [0.15, 0.2) is 60.7 Å². The van der Waals surface area contributed by atoms with Crippen LogP contribution in [-0.4, -0.2) is 38.7 Å². The number of para-hydroxylation sites is 1. The molecule has 5 nitrogen and oxygen atoms in total. The highest BCUT2D eigenvalue weighted by molar-refractivity contribution is 5.91. The Hall–Kier alpha value is -2.95. The number of carbonyl (C=O) groups is 1. The maximum atomic E-state index is 13.1. The summed E-state index contributed by atoms with van der Waals surface area (Å²) in [5.74, 6) is 1.87. The molecule has 5 heteroatoms. The van der Waals surface area contributed by atoms with Gasteiger partial charge >= 0.3 is 0 Å². The summed E-state index contributed by atoms with van der Waals surface area (Å²) in [6.45, 7) is 5.93. The van der Waals surface area contributed by atoms with Gasteiger partial charge in [-0.3, -0.25) is 4.79 Å². The number of likely N-dealkylation sites (tertiary alicyclic amines) is 1. The Kier molecular flexibility index (Phi) is 4.75. The average Bonchev–Trinajstić information content (AvgIpc) is 3.13. The van der Waals surface area contributed by atoms with Gasteiger partial charge in [-0.15, -0.1) is 5.10 Å². The zero-order valence-electron chi connectivity index (χ0n) is 15.7. The zero-order chi connectivity index (χ0) is 18.8. The van der Waals surface area contributed by atoms with Gasteiger partial charge < -0.3 is 4.90 Å². The van der Waals surface area contributed by atoms with E-state index in [9.17, 15) is 4.79 Å². The van der Waals surface area contributed by atoms with Crippen LogP contribution < -0.4 is 0 Å². The third-order valence-electron chi connectivity index (χ3n) is 4.99. The van der Waals surface area contributed by atoms with Crippen LogP contribution in [0.25, 0.3) is 17.1 Å². The van der Waals surface area contributed by atoms with Crippen molar-refractivity contribution in [3.05, 3.63) is 66.5 Å². The minimum atomic E-state index is -0.0831. The van der Waals surface area contributed by atoms with Gasteiger partial charge in [0.15, 0.2) is 5.82 Å². The molecule has 2 unspecified atom stereocenters. The molecule has 2 atom stereocenters. The molecule has 1 aromatic heterocycles. The maximum absolute atomic E-state index is 13.1. The first-order chi connectivity index (χ1) is 13.1. The molecule has 0 bridgehead atoms. The molecule has 0 saturated carbocycles. The number of nitrogens with zero attached hydrogens (tertiary/aromatic N) is 4. The third-order valence-corrected chi connectivity index (χ3v) is 4.99. The largest absolute Gasteiger partial charge is 0.335 e. The minimum absolute atomic E-state index is 0.0831. The SMILES string of the molecule is CC1CC(C)CN(C(=O)c2nc(-c3ccccc3)n(-c3ccccc3)n2)C1. The topological polar surface area (TPSA) is 51.0 Å². The second kappa shape index (κ2) is 7.35. The molecule has 1 fully saturated rings. The first kappa shape index (κ1) is 17.5. The van der Waals surface area contributed by atoms with Gasteiger partial charge in [0.25, 0.3) is 5.91 Å². The van der Waals surface area contributed by atoms with Crippen molar-refractivity contribution in [2.45, 2.75) is 20.3 Å². The van der Waals surface area contributed by atoms with E-state index in [1.165, 1.54) is 0 Å². The van der Waals surface area contributed by atoms with Gasteiger partial charge in [0.05, 0.1) is 5.69 Å². The Morgan fingerprint density at radius 2 is 1.52 bits per heavy atom. The van der Waals surface area contributed by atoms with E-state index in [4.69, 9.17) is 0 Å². The molecule has 138 valence electrons. The molecule has 1 amide bonds. The van der Waals surface area contributed by atoms with E-state index >= 15 is 0 Å². The third kappa shape index (κ3) is 3.63. The van der Waals surface area contributed by atoms with Crippen molar-refractivity contribution < 1.29 is 4.79 Å². The minimum Gasteiger partial charge on any atom is -0.335 e. The van der Waals surface area contributed by atoms with E-state index < -0.39 is 0 Å². The van der Waals surface area contributed by atoms with Gasteiger partial charge in [-0.05, 0) is 30.4 Å². The smallest absolute Gasteiger partial charge is 0.293 e. The van der Waals surface area contributed by atoms with Crippen molar-refractivity contribution in [3.63, 3.8) is 0 Å². The lowest BCUT2D eigenvalue weighted by molar-refractivity contribution is 0.0611. The Morgan fingerprint density at radius 1 is 0.926 bits per heavy atom. The van der Waals surface area contributed by atoms with E-state index in [0.29, 0.717) is 17.7 Å². The second-order valence-electron chi connectivity index (χ2n) is 7.53. The molecule has 0 aliphatic carbocycles. The van der Waals surface area contributed by atoms with Crippen molar-refractivity contribution in [2.75, 3.05) is 13.1 Å². The molecule has 2 aromatic carbocycles. The van der Waals surface area contributed by atoms with Crippen LogP contribution in [0.4, 0.5) is 0 Å². The zero-order valence-corrected chi connectivity index (χ0v) is 15.7. The fourth-order valence-corrected chi connectivity index (χ4v) is 3.90. The van der Waals surface area contributed by atoms with Crippen molar-refractivity contribution in [1.82, 2.24) is 19.7 Å². The first-order valence-electron chi connectivity index (χ1n) is 9.49. The fourth-order valence-electron chi connectivity index (χ4n) is 3.90. The van der Waals surface area contributed by atoms with Gasteiger partial charge in [0, 0.05) is 18.7 Å². The Bertz CT molecular complexity index is 853. The predicted molar refractivity (Wildman–Crippen MR) is 106 cm³/mol. The van der Waals surface area contributed by atoms with Crippen LogP contribution in [0.1, 0.15) is 30.9 Å². The molecule has 3 aromatic rings. The van der Waals surface area contributed by atoms with Crippen molar-refractivity contribution in [2.24, 2.45) is 11.8 Å². The summed E-state index contributed by atoms with van der Waals surface area (Å²) in [6.07, 6.45) is 1.16. The first-order valence-corrected chi connectivity index (χ1v) is 9.49. The summed E-state index contributed by atoms with van der Waals surface area (Å²) in [7, 11) is 0. The van der Waals surface area contributed by atoms with Crippen molar-refractivity contribution in [3.8, 4) is 17.1 Å². The molecular formula is C22H24N4O. The van der Waals surface area contributed by atoms with Gasteiger partial charge in [0.1, 0.15) is 0 Å². The van der Waals surface area contributed by atoms with Gasteiger partial charge in [-0.1, -0.05) is 62.4 Å². The summed E-state index contributed by atoms with van der Waals surface area (Å²) in [5, 5.41) is 4.60. The van der Waals surface area contributed by atoms with E-state index in [2.05, 4.69) is 23.9 Å². The quantitative estimate of drug-likeness (QED) is 0.708. The molecular weight excluding hydrogens is 336 g/mol. The van der Waals surface area contributed by atoms with Gasteiger partial charge in [-0.25, -0.2) is 9.67 Å². The van der Waals surface area contributed by atoms with Crippen LogP contribution in [0, 0.1) is 11.8 Å². The number of amides is 1. The Labute approximate surface area is 159 Å². The Balaban J connectivity index is 1.74. The summed E-state index contributed by atoms with van der Waals surface area (Å²) in [4.78, 5) is 19.7. The summed E-state index contributed by atoms with van der Waals surface area (Å²) < 4.78 is 1.76. The molecule has 1 aliphatic heterocycles. The average molecular weight is 360 g/mol. The maximum Gasteiger partial charge on any atom is 0.293 e. The van der Waals surface area contributed by atoms with E-state index in [0.717, 1.165) is 30.8 Å². The number of aromatic nitrogens is 3. The molecule has 2 heterocycles. The second-order valence-corrected chi connectivity index (χ2v) is 7.53. The molecule has 1 saturated heterocycles. The van der Waals surface area contributed by atoms with E-state index in [1.54, 1.807) is 4.68 Å². The standard InChI is InChI=1S/C22H24N4O/c1-16-13-17(2)15-25(14-16)22(27)20-23-21(18-9-5-3-6-10-18)26(24-20)19-11-7-4-8-12-19/h3-12,16-17H,13-15H2,1-2H3. The van der Waals surface area contributed by atoms with E-state index in [1.807, 2.05) is 65.6 Å². The number of piperidine rings is 1. The molecule has 27 heavy (non-hydrogen) atoms. The number of carbonyl (C=O) groups excluding carboxylic acids is 1. The van der Waals surface area contributed by atoms with Crippen LogP contribution in [-0.2, 0) is 0 Å². The summed E-state index contributed by atoms with van der Waals surface area (Å²) >= 11 is 0. The summed E-state index contributed by atoms with van der Waals surface area (Å²) in [6, 6.07) is 19.7. The highest BCUT2D eigenvalue weighted by Gasteiger charge is 2.29. The molecule has 0 spiro atoms. The van der Waals surface area contributed by atoms with E-state index in [-0.39, 0.29) is 11.7 Å². The predicted octanol–water partition coefficient (Wildman–Crippen LogP) is 4.05. The molecule has 1 aliphatic rings. The highest BCUT2D eigenvalue weighted by Crippen LogP contribution is 2.24. The number of hydrogen-bond acceptors (Lipinski definition) is 3. The van der Waals surface area contributed by atoms with Crippen LogP contribution >= 0.6 is 0 Å². The normalized spacial score (nSPS) is 19.9. The van der Waals surface area contributed by atoms with Gasteiger partial charge in [0.2, 0.25) is 5.82 Å². The molecule has 0 N–H and O–H groups in total. The number of benzene rings is 2. The lowest BCUT2D eigenvalue weighted by Crippen LogP contribution is -2.43. The van der Waals surface area contributed by atoms with Crippen LogP contribution in [0.5, 0.6) is 0 Å².